The Hall–Kier alpha value is -3.48. The number of ether oxygens (including phenoxy) is 2. The van der Waals surface area contributed by atoms with Gasteiger partial charge in [-0.1, -0.05) is 12.1 Å². The molecule has 1 N–H and O–H groups in total. The number of amides is 2. The van der Waals surface area contributed by atoms with E-state index in [1.54, 1.807) is 24.5 Å². The first kappa shape index (κ1) is 19.5. The fraction of sp³-hybridized carbons (Fsp3) is 0.333. The Labute approximate surface area is 179 Å². The van der Waals surface area contributed by atoms with Crippen molar-refractivity contribution in [2.24, 2.45) is 5.92 Å². The zero-order valence-electron chi connectivity index (χ0n) is 17.3. The second-order valence-electron chi connectivity index (χ2n) is 8.15. The summed E-state index contributed by atoms with van der Waals surface area (Å²) in [5, 5.41) is 3.94. The number of rotatable bonds is 4. The van der Waals surface area contributed by atoms with Crippen molar-refractivity contribution >= 4 is 28.5 Å². The lowest BCUT2D eigenvalue weighted by Crippen LogP contribution is -2.42. The molecule has 0 spiro atoms. The van der Waals surface area contributed by atoms with E-state index in [1.807, 2.05) is 30.0 Å². The average molecular weight is 420 g/mol. The molecular weight excluding hydrogens is 396 g/mol. The molecule has 2 aliphatic heterocycles. The second kappa shape index (κ2) is 7.98. The lowest BCUT2D eigenvalue weighted by molar-refractivity contribution is -0.133. The van der Waals surface area contributed by atoms with Crippen LogP contribution in [0.1, 0.15) is 24.0 Å². The van der Waals surface area contributed by atoms with Gasteiger partial charge >= 0.3 is 0 Å². The highest BCUT2D eigenvalue weighted by Crippen LogP contribution is 2.34. The highest BCUT2D eigenvalue weighted by Gasteiger charge is 2.28. The van der Waals surface area contributed by atoms with Gasteiger partial charge in [0.15, 0.2) is 11.5 Å². The standard InChI is InChI=1S/C24H24N2O5/c1-15-2-4-19-17(13-29-21(19)10-15)11-23(27)26-8-6-16(7-9-26)24(28)25-18-3-5-20-22(12-18)31-14-30-20/h2-5,10,12-13,16H,6-9,11,14H2,1H3,(H,25,28). The summed E-state index contributed by atoms with van der Waals surface area (Å²) in [4.78, 5) is 27.3. The number of furan rings is 1. The number of aryl methyl sites for hydroxylation is 1. The van der Waals surface area contributed by atoms with Crippen LogP contribution >= 0.6 is 0 Å². The minimum atomic E-state index is -0.118. The summed E-state index contributed by atoms with van der Waals surface area (Å²) in [7, 11) is 0. The summed E-state index contributed by atoms with van der Waals surface area (Å²) < 4.78 is 16.3. The van der Waals surface area contributed by atoms with Crippen molar-refractivity contribution in [3.05, 3.63) is 53.8 Å². The van der Waals surface area contributed by atoms with Crippen LogP contribution in [0.3, 0.4) is 0 Å². The van der Waals surface area contributed by atoms with E-state index in [1.165, 1.54) is 0 Å². The van der Waals surface area contributed by atoms with Gasteiger partial charge in [-0.15, -0.1) is 0 Å². The number of hydrogen-bond acceptors (Lipinski definition) is 5. The molecule has 0 aliphatic carbocycles. The van der Waals surface area contributed by atoms with Gasteiger partial charge in [-0.25, -0.2) is 0 Å². The van der Waals surface area contributed by atoms with Crippen LogP contribution in [0.5, 0.6) is 11.5 Å². The van der Waals surface area contributed by atoms with Crippen LogP contribution in [0.15, 0.2) is 47.1 Å². The summed E-state index contributed by atoms with van der Waals surface area (Å²) >= 11 is 0. The van der Waals surface area contributed by atoms with Crippen molar-refractivity contribution in [3.8, 4) is 11.5 Å². The number of likely N-dealkylation sites (tertiary alicyclic amines) is 1. The van der Waals surface area contributed by atoms with Crippen LogP contribution < -0.4 is 14.8 Å². The average Bonchev–Trinajstić information content (AvgIpc) is 3.40. The molecule has 0 unspecified atom stereocenters. The molecule has 0 bridgehead atoms. The number of nitrogens with zero attached hydrogens (tertiary/aromatic N) is 1. The highest BCUT2D eigenvalue weighted by molar-refractivity contribution is 5.93. The quantitative estimate of drug-likeness (QED) is 0.693. The fourth-order valence-corrected chi connectivity index (χ4v) is 4.21. The largest absolute Gasteiger partial charge is 0.464 e. The Morgan fingerprint density at radius 2 is 1.87 bits per heavy atom. The maximum atomic E-state index is 12.8. The van der Waals surface area contributed by atoms with Crippen molar-refractivity contribution in [2.75, 3.05) is 25.2 Å². The Kier molecular flexibility index (Phi) is 5.02. The van der Waals surface area contributed by atoms with E-state index in [0.717, 1.165) is 22.1 Å². The van der Waals surface area contributed by atoms with Crippen LogP contribution in [-0.2, 0) is 16.0 Å². The SMILES string of the molecule is Cc1ccc2c(CC(=O)N3CCC(C(=O)Nc4ccc5c(c4)OCO5)CC3)coc2c1. The molecule has 0 radical (unpaired) electrons. The maximum absolute atomic E-state index is 12.8. The van der Waals surface area contributed by atoms with Crippen molar-refractivity contribution in [1.82, 2.24) is 4.90 Å². The maximum Gasteiger partial charge on any atom is 0.231 e. The van der Waals surface area contributed by atoms with Crippen LogP contribution in [0.4, 0.5) is 5.69 Å². The number of benzene rings is 2. The van der Waals surface area contributed by atoms with E-state index in [-0.39, 0.29) is 24.5 Å². The molecule has 1 aromatic heterocycles. The summed E-state index contributed by atoms with van der Waals surface area (Å²) in [5.41, 5.74) is 3.53. The normalized spacial score (nSPS) is 16.0. The van der Waals surface area contributed by atoms with Gasteiger partial charge in [-0.2, -0.15) is 0 Å². The van der Waals surface area contributed by atoms with Gasteiger partial charge in [-0.3, -0.25) is 9.59 Å². The van der Waals surface area contributed by atoms with Gasteiger partial charge in [0.05, 0.1) is 12.7 Å². The minimum Gasteiger partial charge on any atom is -0.464 e. The molecule has 3 aromatic rings. The number of carbonyl (C=O) groups excluding carboxylic acids is 2. The fourth-order valence-electron chi connectivity index (χ4n) is 4.21. The number of carbonyl (C=O) groups is 2. The molecule has 0 saturated carbocycles. The molecule has 1 saturated heterocycles. The van der Waals surface area contributed by atoms with Gasteiger partial charge in [0.1, 0.15) is 5.58 Å². The minimum absolute atomic E-state index is 0.0258. The van der Waals surface area contributed by atoms with Gasteiger partial charge < -0.3 is 24.1 Å². The zero-order chi connectivity index (χ0) is 21.4. The Morgan fingerprint density at radius 3 is 2.71 bits per heavy atom. The first-order valence-corrected chi connectivity index (χ1v) is 10.5. The van der Waals surface area contributed by atoms with E-state index in [2.05, 4.69) is 5.32 Å². The van der Waals surface area contributed by atoms with Crippen molar-refractivity contribution < 1.29 is 23.5 Å². The summed E-state index contributed by atoms with van der Waals surface area (Å²) in [6.07, 6.45) is 3.28. The molecule has 3 heterocycles. The van der Waals surface area contributed by atoms with E-state index < -0.39 is 0 Å². The second-order valence-corrected chi connectivity index (χ2v) is 8.15. The van der Waals surface area contributed by atoms with Gasteiger partial charge in [-0.05, 0) is 43.5 Å². The molecule has 31 heavy (non-hydrogen) atoms. The van der Waals surface area contributed by atoms with Crippen LogP contribution in [-0.4, -0.2) is 36.6 Å². The lowest BCUT2D eigenvalue weighted by Gasteiger charge is -2.31. The molecule has 2 aromatic carbocycles. The van der Waals surface area contributed by atoms with Crippen molar-refractivity contribution in [1.29, 1.82) is 0 Å². The number of piperidine rings is 1. The van der Waals surface area contributed by atoms with E-state index in [0.29, 0.717) is 49.5 Å². The van der Waals surface area contributed by atoms with Gasteiger partial charge in [0.25, 0.3) is 0 Å². The molecule has 7 heteroatoms. The number of anilines is 1. The van der Waals surface area contributed by atoms with E-state index in [4.69, 9.17) is 13.9 Å². The molecule has 2 aliphatic rings. The molecule has 5 rings (SSSR count). The smallest absolute Gasteiger partial charge is 0.231 e. The third-order valence-electron chi connectivity index (χ3n) is 6.01. The van der Waals surface area contributed by atoms with Crippen LogP contribution in [0, 0.1) is 12.8 Å². The summed E-state index contributed by atoms with van der Waals surface area (Å²) in [5.74, 6) is 1.25. The predicted octanol–water partition coefficient (Wildman–Crippen LogP) is 3.89. The van der Waals surface area contributed by atoms with Gasteiger partial charge in [0, 0.05) is 41.7 Å². The first-order valence-electron chi connectivity index (χ1n) is 10.5. The molecule has 0 atom stereocenters. The Bertz CT molecular complexity index is 1140. The molecule has 7 nitrogen and oxygen atoms in total. The number of fused-ring (bicyclic) bond motifs is 2. The molecule has 160 valence electrons. The van der Waals surface area contributed by atoms with Crippen molar-refractivity contribution in [2.45, 2.75) is 26.2 Å². The predicted molar refractivity (Wildman–Crippen MR) is 115 cm³/mol. The monoisotopic (exact) mass is 420 g/mol. The van der Waals surface area contributed by atoms with Crippen LogP contribution in [0.25, 0.3) is 11.0 Å². The summed E-state index contributed by atoms with van der Waals surface area (Å²) in [6.45, 7) is 3.37. The summed E-state index contributed by atoms with van der Waals surface area (Å²) in [6, 6.07) is 11.4. The van der Waals surface area contributed by atoms with E-state index >= 15 is 0 Å². The Balaban J connectivity index is 1.16. The highest BCUT2D eigenvalue weighted by atomic mass is 16.7. The van der Waals surface area contributed by atoms with E-state index in [9.17, 15) is 9.59 Å². The molecule has 2 amide bonds. The Morgan fingerprint density at radius 1 is 1.06 bits per heavy atom. The molecular formula is C24H24N2O5. The van der Waals surface area contributed by atoms with Crippen LogP contribution in [0.2, 0.25) is 0 Å². The van der Waals surface area contributed by atoms with Gasteiger partial charge in [0.2, 0.25) is 18.6 Å². The lowest BCUT2D eigenvalue weighted by atomic mass is 9.95. The number of hydrogen-bond donors (Lipinski definition) is 1. The molecule has 1 fully saturated rings. The number of nitrogens with one attached hydrogen (secondary N) is 1. The third kappa shape index (κ3) is 3.95. The zero-order valence-corrected chi connectivity index (χ0v) is 17.3. The topological polar surface area (TPSA) is 81.0 Å². The third-order valence-corrected chi connectivity index (χ3v) is 6.01. The first-order chi connectivity index (χ1) is 15.1. The van der Waals surface area contributed by atoms with Crippen molar-refractivity contribution in [3.63, 3.8) is 0 Å².